The monoisotopic (exact) mass is 320 g/mol. The van der Waals surface area contributed by atoms with Gasteiger partial charge in [0.05, 0.1) is 11.6 Å². The zero-order valence-electron chi connectivity index (χ0n) is 9.02. The molecule has 0 heterocycles. The van der Waals surface area contributed by atoms with Gasteiger partial charge in [0.2, 0.25) is 10.0 Å². The topological polar surface area (TPSA) is 61.2 Å². The lowest BCUT2D eigenvalue weighted by atomic mass is 10.1. The average molecular weight is 321 g/mol. The van der Waals surface area contributed by atoms with Gasteiger partial charge in [0.15, 0.2) is 0 Å². The number of nitriles is 1. The average Bonchev–Trinajstić information content (AvgIpc) is 2.31. The van der Waals surface area contributed by atoms with Crippen molar-refractivity contribution >= 4 is 26.0 Å². The molecule has 0 aliphatic heterocycles. The molecule has 0 radical (unpaired) electrons. The first-order valence-electron chi connectivity index (χ1n) is 4.59. The Labute approximate surface area is 108 Å². The standard InChI is InChI=1S/C10H10BrFN2O2S/c1-14(17(15,16)7-11)6-9-4-8(5-13)2-3-10(9)12/h2-4H,6-7H2,1H3. The Balaban J connectivity index is 3.00. The molecule has 0 saturated heterocycles. The summed E-state index contributed by atoms with van der Waals surface area (Å²) in [7, 11) is -2.08. The SMILES string of the molecule is CN(Cc1cc(C#N)ccc1F)S(=O)(=O)CBr. The van der Waals surface area contributed by atoms with Crippen molar-refractivity contribution in [1.29, 1.82) is 5.26 Å². The van der Waals surface area contributed by atoms with Crippen LogP contribution in [0.2, 0.25) is 0 Å². The highest BCUT2D eigenvalue weighted by Gasteiger charge is 2.17. The predicted molar refractivity (Wildman–Crippen MR) is 65.3 cm³/mol. The summed E-state index contributed by atoms with van der Waals surface area (Å²) < 4.78 is 37.1. The first kappa shape index (κ1) is 14.1. The van der Waals surface area contributed by atoms with E-state index in [-0.39, 0.29) is 16.8 Å². The highest BCUT2D eigenvalue weighted by Crippen LogP contribution is 2.14. The van der Waals surface area contributed by atoms with Gasteiger partial charge >= 0.3 is 0 Å². The van der Waals surface area contributed by atoms with Crippen LogP contribution < -0.4 is 0 Å². The highest BCUT2D eigenvalue weighted by molar-refractivity contribution is 9.10. The van der Waals surface area contributed by atoms with Crippen LogP contribution in [0.15, 0.2) is 18.2 Å². The Bertz CT molecular complexity index is 554. The van der Waals surface area contributed by atoms with E-state index in [2.05, 4.69) is 15.9 Å². The number of alkyl halides is 1. The van der Waals surface area contributed by atoms with E-state index in [1.807, 2.05) is 6.07 Å². The van der Waals surface area contributed by atoms with Gasteiger partial charge in [-0.2, -0.15) is 9.57 Å². The fourth-order valence-corrected chi connectivity index (χ4v) is 2.74. The van der Waals surface area contributed by atoms with Crippen LogP contribution in [0.4, 0.5) is 4.39 Å². The summed E-state index contributed by atoms with van der Waals surface area (Å²) in [6.45, 7) is -0.102. The van der Waals surface area contributed by atoms with Crippen molar-refractivity contribution in [2.75, 3.05) is 11.7 Å². The number of benzene rings is 1. The molecule has 0 aromatic heterocycles. The fraction of sp³-hybridized carbons (Fsp3) is 0.300. The Morgan fingerprint density at radius 1 is 1.53 bits per heavy atom. The van der Waals surface area contributed by atoms with E-state index in [1.54, 1.807) is 0 Å². The second kappa shape index (κ2) is 5.58. The van der Waals surface area contributed by atoms with Crippen molar-refractivity contribution in [3.8, 4) is 6.07 Å². The quantitative estimate of drug-likeness (QED) is 0.795. The first-order chi connectivity index (χ1) is 7.90. The predicted octanol–water partition coefficient (Wildman–Crippen LogP) is 1.81. The second-order valence-corrected chi connectivity index (χ2v) is 6.77. The molecule has 0 atom stereocenters. The largest absolute Gasteiger partial charge is 0.224 e. The van der Waals surface area contributed by atoms with E-state index in [0.717, 1.165) is 10.4 Å². The summed E-state index contributed by atoms with van der Waals surface area (Å²) in [5, 5.41) is 8.68. The van der Waals surface area contributed by atoms with Crippen molar-refractivity contribution in [3.63, 3.8) is 0 Å². The Morgan fingerprint density at radius 3 is 2.71 bits per heavy atom. The van der Waals surface area contributed by atoms with Crippen molar-refractivity contribution < 1.29 is 12.8 Å². The van der Waals surface area contributed by atoms with Crippen LogP contribution in [-0.4, -0.2) is 24.4 Å². The maximum atomic E-state index is 13.4. The summed E-state index contributed by atoms with van der Waals surface area (Å²) in [6.07, 6.45) is 0. The molecule has 0 aliphatic carbocycles. The van der Waals surface area contributed by atoms with Gasteiger partial charge in [0, 0.05) is 19.2 Å². The molecule has 0 N–H and O–H groups in total. The van der Waals surface area contributed by atoms with Crippen molar-refractivity contribution in [2.24, 2.45) is 0 Å². The molecule has 7 heteroatoms. The maximum Gasteiger partial charge on any atom is 0.224 e. The van der Waals surface area contributed by atoms with Crippen LogP contribution in [0.1, 0.15) is 11.1 Å². The minimum atomic E-state index is -3.43. The molecule has 0 amide bonds. The zero-order valence-corrected chi connectivity index (χ0v) is 11.4. The molecule has 1 aromatic carbocycles. The van der Waals surface area contributed by atoms with Gasteiger partial charge in [-0.15, -0.1) is 0 Å². The molecule has 0 spiro atoms. The third-order valence-corrected chi connectivity index (χ3v) is 5.27. The maximum absolute atomic E-state index is 13.4. The van der Waals surface area contributed by atoms with E-state index in [0.29, 0.717) is 5.56 Å². The molecule has 1 rings (SSSR count). The van der Waals surface area contributed by atoms with Crippen LogP contribution in [0.25, 0.3) is 0 Å². The van der Waals surface area contributed by atoms with Gasteiger partial charge in [-0.3, -0.25) is 0 Å². The van der Waals surface area contributed by atoms with Crippen LogP contribution in [0, 0.1) is 17.1 Å². The van der Waals surface area contributed by atoms with Gasteiger partial charge in [-0.25, -0.2) is 12.8 Å². The van der Waals surface area contributed by atoms with Gasteiger partial charge in [0.1, 0.15) is 10.5 Å². The molecule has 17 heavy (non-hydrogen) atoms. The lowest BCUT2D eigenvalue weighted by Crippen LogP contribution is -2.27. The number of rotatable bonds is 4. The molecule has 0 saturated carbocycles. The number of nitrogens with zero attached hydrogens (tertiary/aromatic N) is 2. The van der Waals surface area contributed by atoms with Crippen molar-refractivity contribution in [2.45, 2.75) is 6.54 Å². The highest BCUT2D eigenvalue weighted by atomic mass is 79.9. The Kier molecular flexibility index (Phi) is 4.62. The molecule has 0 unspecified atom stereocenters. The minimum absolute atomic E-state index is 0.102. The zero-order chi connectivity index (χ0) is 13.1. The number of hydrogen-bond donors (Lipinski definition) is 0. The van der Waals surface area contributed by atoms with Gasteiger partial charge in [-0.05, 0) is 18.2 Å². The molecular formula is C10H10BrFN2O2S. The van der Waals surface area contributed by atoms with E-state index in [9.17, 15) is 12.8 Å². The molecule has 1 aromatic rings. The van der Waals surface area contributed by atoms with Gasteiger partial charge in [-0.1, -0.05) is 15.9 Å². The van der Waals surface area contributed by atoms with E-state index in [1.165, 1.54) is 19.2 Å². The normalized spacial score (nSPS) is 11.5. The lowest BCUT2D eigenvalue weighted by Gasteiger charge is -2.15. The summed E-state index contributed by atoms with van der Waals surface area (Å²) >= 11 is 2.86. The second-order valence-electron chi connectivity index (χ2n) is 3.40. The van der Waals surface area contributed by atoms with Gasteiger partial charge in [0.25, 0.3) is 0 Å². The molecular weight excluding hydrogens is 311 g/mol. The number of sulfonamides is 1. The summed E-state index contributed by atoms with van der Waals surface area (Å²) in [5.41, 5.74) is 0.474. The van der Waals surface area contributed by atoms with E-state index in [4.69, 9.17) is 5.26 Å². The Hall–Kier alpha value is -0.970. The Morgan fingerprint density at radius 2 is 2.18 bits per heavy atom. The van der Waals surface area contributed by atoms with Crippen LogP contribution in [-0.2, 0) is 16.6 Å². The lowest BCUT2D eigenvalue weighted by molar-refractivity contribution is 0.460. The fourth-order valence-electron chi connectivity index (χ4n) is 1.19. The number of hydrogen-bond acceptors (Lipinski definition) is 3. The summed E-state index contributed by atoms with van der Waals surface area (Å²) in [6, 6.07) is 5.72. The minimum Gasteiger partial charge on any atom is -0.211 e. The van der Waals surface area contributed by atoms with Crippen LogP contribution >= 0.6 is 15.9 Å². The summed E-state index contributed by atoms with van der Waals surface area (Å²) in [5.74, 6) is -0.527. The van der Waals surface area contributed by atoms with Crippen molar-refractivity contribution in [1.82, 2.24) is 4.31 Å². The van der Waals surface area contributed by atoms with Gasteiger partial charge < -0.3 is 0 Å². The number of halogens is 2. The van der Waals surface area contributed by atoms with E-state index >= 15 is 0 Å². The van der Waals surface area contributed by atoms with Crippen LogP contribution in [0.3, 0.4) is 0 Å². The molecule has 0 fully saturated rings. The molecule has 0 bridgehead atoms. The first-order valence-corrected chi connectivity index (χ1v) is 7.32. The third-order valence-electron chi connectivity index (χ3n) is 2.18. The van der Waals surface area contributed by atoms with Crippen LogP contribution in [0.5, 0.6) is 0 Å². The van der Waals surface area contributed by atoms with E-state index < -0.39 is 15.8 Å². The molecule has 0 aliphatic rings. The van der Waals surface area contributed by atoms with Crippen molar-refractivity contribution in [3.05, 3.63) is 35.1 Å². The summed E-state index contributed by atoms with van der Waals surface area (Å²) in [4.78, 5) is 0. The third kappa shape index (κ3) is 3.49. The molecule has 4 nitrogen and oxygen atoms in total. The molecule has 92 valence electrons. The smallest absolute Gasteiger partial charge is 0.211 e.